The van der Waals surface area contributed by atoms with E-state index in [0.717, 1.165) is 83.0 Å². The maximum absolute atomic E-state index is 12.8. The summed E-state index contributed by atoms with van der Waals surface area (Å²) in [6.07, 6.45) is 17.3. The van der Waals surface area contributed by atoms with Crippen molar-refractivity contribution >= 4 is 29.8 Å². The number of carboxylic acid groups (broad SMARTS) is 5. The second kappa shape index (κ2) is 35.5. The first-order valence-electron chi connectivity index (χ1n) is 26.2. The average Bonchev–Trinajstić information content (AvgIpc) is 3.16. The van der Waals surface area contributed by atoms with Crippen LogP contribution in [0.5, 0.6) is 0 Å². The third kappa shape index (κ3) is 36.1. The molecular formula is C55H104O10. The van der Waals surface area contributed by atoms with Crippen molar-refractivity contribution in [2.24, 2.45) is 70.0 Å². The molecule has 5 atom stereocenters. The third-order valence-electron chi connectivity index (χ3n) is 13.2. The molecule has 0 rings (SSSR count). The first-order valence-corrected chi connectivity index (χ1v) is 26.2. The highest BCUT2D eigenvalue weighted by Gasteiger charge is 2.44. The summed E-state index contributed by atoms with van der Waals surface area (Å²) >= 11 is 0. The zero-order chi connectivity index (χ0) is 50.3. The van der Waals surface area contributed by atoms with Crippen LogP contribution in [0.4, 0.5) is 0 Å². The van der Waals surface area contributed by atoms with Crippen molar-refractivity contribution < 1.29 is 49.5 Å². The normalized spacial score (nSPS) is 15.4. The zero-order valence-corrected chi connectivity index (χ0v) is 44.2. The summed E-state index contributed by atoms with van der Waals surface area (Å²) in [5, 5.41) is 51.2. The van der Waals surface area contributed by atoms with Crippen molar-refractivity contribution in [1.82, 2.24) is 0 Å². The van der Waals surface area contributed by atoms with Gasteiger partial charge in [-0.3, -0.25) is 24.0 Å². The molecule has 0 saturated heterocycles. The number of hydrogen-bond acceptors (Lipinski definition) is 5. The van der Waals surface area contributed by atoms with Gasteiger partial charge in [0.2, 0.25) is 0 Å². The Morgan fingerprint density at radius 3 is 0.585 bits per heavy atom. The molecule has 65 heavy (non-hydrogen) atoms. The number of aliphatic carboxylic acids is 5. The highest BCUT2D eigenvalue weighted by atomic mass is 16.4. The van der Waals surface area contributed by atoms with E-state index >= 15 is 0 Å². The fraction of sp³-hybridized carbons (Fsp3) is 0.909. The molecule has 5 unspecified atom stereocenters. The monoisotopic (exact) mass is 925 g/mol. The van der Waals surface area contributed by atoms with Crippen LogP contribution in [0.25, 0.3) is 0 Å². The molecule has 0 aliphatic heterocycles. The van der Waals surface area contributed by atoms with Crippen molar-refractivity contribution in [1.29, 1.82) is 0 Å². The smallest absolute Gasteiger partial charge is 0.306 e. The van der Waals surface area contributed by atoms with Crippen LogP contribution >= 0.6 is 0 Å². The molecule has 0 radical (unpaired) electrons. The third-order valence-corrected chi connectivity index (χ3v) is 13.2. The summed E-state index contributed by atoms with van der Waals surface area (Å²) in [5.41, 5.74) is -0.939. The summed E-state index contributed by atoms with van der Waals surface area (Å²) in [6, 6.07) is 0. The Morgan fingerprint density at radius 2 is 0.446 bits per heavy atom. The number of unbranched alkanes of at least 4 members (excludes halogenated alkanes) is 5. The Kier molecular flexibility index (Phi) is 35.2. The minimum atomic E-state index is -1.05. The molecule has 0 aromatic heterocycles. The first-order chi connectivity index (χ1) is 30.1. The Balaban J connectivity index is 0. The fourth-order valence-corrected chi connectivity index (χ4v) is 9.61. The van der Waals surface area contributed by atoms with Crippen LogP contribution in [0.2, 0.25) is 0 Å². The second-order valence-corrected chi connectivity index (χ2v) is 23.6. The van der Waals surface area contributed by atoms with Crippen molar-refractivity contribution in [3.8, 4) is 0 Å². The predicted octanol–water partition coefficient (Wildman–Crippen LogP) is 15.5. The molecule has 0 heterocycles. The molecule has 0 bridgehead atoms. The molecular weight excluding hydrogens is 821 g/mol. The van der Waals surface area contributed by atoms with Crippen LogP contribution in [0.15, 0.2) is 0 Å². The van der Waals surface area contributed by atoms with E-state index < -0.39 is 58.9 Å². The van der Waals surface area contributed by atoms with Crippen molar-refractivity contribution in [2.45, 2.75) is 251 Å². The molecule has 5 N–H and O–H groups in total. The molecule has 0 aliphatic rings. The summed E-state index contributed by atoms with van der Waals surface area (Å²) in [7, 11) is 0. The van der Waals surface area contributed by atoms with Gasteiger partial charge in [-0.05, 0) is 105 Å². The van der Waals surface area contributed by atoms with Crippen molar-refractivity contribution in [3.63, 3.8) is 0 Å². The molecule has 0 aliphatic carbocycles. The largest absolute Gasteiger partial charge is 0.481 e. The topological polar surface area (TPSA) is 186 Å². The van der Waals surface area contributed by atoms with Gasteiger partial charge in [-0.1, -0.05) is 186 Å². The minimum Gasteiger partial charge on any atom is -0.481 e. The quantitative estimate of drug-likeness (QED) is 0.0371. The van der Waals surface area contributed by atoms with E-state index in [4.69, 9.17) is 5.11 Å². The van der Waals surface area contributed by atoms with E-state index in [-0.39, 0.29) is 37.0 Å². The van der Waals surface area contributed by atoms with E-state index in [0.29, 0.717) is 75.0 Å². The Hall–Kier alpha value is -2.65. The Labute approximate surface area is 398 Å². The van der Waals surface area contributed by atoms with E-state index in [1.54, 1.807) is 0 Å². The maximum Gasteiger partial charge on any atom is 0.306 e. The molecule has 0 fully saturated rings. The number of carboxylic acids is 5. The summed E-state index contributed by atoms with van der Waals surface area (Å²) in [6.45, 7) is 27.8. The molecule has 10 nitrogen and oxygen atoms in total. The van der Waals surface area contributed by atoms with Gasteiger partial charge in [0.25, 0.3) is 0 Å². The van der Waals surface area contributed by atoms with Gasteiger partial charge in [0.1, 0.15) is 0 Å². The number of hydrogen-bond donors (Lipinski definition) is 5. The molecule has 0 amide bonds. The van der Waals surface area contributed by atoms with Crippen LogP contribution in [-0.2, 0) is 24.0 Å². The van der Waals surface area contributed by atoms with E-state index in [1.807, 2.05) is 0 Å². The van der Waals surface area contributed by atoms with Gasteiger partial charge < -0.3 is 25.5 Å². The SMILES string of the molecule is CC(C)CCCCC(CC(C)(C)C)C(=O)O.CC(C)CCCCC(CC(CC(CCCCC(C)C)C(=O)O)(CC(CCCCC(C)C)C(=O)O)CC(CCCCC(C)C)C(=O)O)C(=O)O. The van der Waals surface area contributed by atoms with Crippen LogP contribution in [-0.4, -0.2) is 55.4 Å². The summed E-state index contributed by atoms with van der Waals surface area (Å²) in [4.78, 5) is 62.5. The van der Waals surface area contributed by atoms with Crippen molar-refractivity contribution in [2.75, 3.05) is 0 Å². The lowest BCUT2D eigenvalue weighted by Crippen LogP contribution is -2.38. The van der Waals surface area contributed by atoms with Gasteiger partial charge in [0.15, 0.2) is 0 Å². The van der Waals surface area contributed by atoms with Gasteiger partial charge >= 0.3 is 29.8 Å². The molecule has 10 heteroatoms. The predicted molar refractivity (Wildman–Crippen MR) is 267 cm³/mol. The van der Waals surface area contributed by atoms with E-state index in [1.165, 1.54) is 6.42 Å². The maximum atomic E-state index is 12.8. The fourth-order valence-electron chi connectivity index (χ4n) is 9.61. The molecule has 0 aromatic rings. The average molecular weight is 925 g/mol. The van der Waals surface area contributed by atoms with Crippen molar-refractivity contribution in [3.05, 3.63) is 0 Å². The van der Waals surface area contributed by atoms with Gasteiger partial charge in [-0.25, -0.2) is 0 Å². The van der Waals surface area contributed by atoms with Crippen LogP contribution in [0.1, 0.15) is 251 Å². The minimum absolute atomic E-state index is 0.103. The van der Waals surface area contributed by atoms with Gasteiger partial charge in [-0.2, -0.15) is 0 Å². The number of rotatable bonds is 39. The molecule has 0 spiro atoms. The van der Waals surface area contributed by atoms with Crippen LogP contribution in [0.3, 0.4) is 0 Å². The first kappa shape index (κ1) is 64.4. The van der Waals surface area contributed by atoms with Gasteiger partial charge in [-0.15, -0.1) is 0 Å². The van der Waals surface area contributed by atoms with Gasteiger partial charge in [0, 0.05) is 0 Å². The van der Waals surface area contributed by atoms with Gasteiger partial charge in [0.05, 0.1) is 29.6 Å². The van der Waals surface area contributed by atoms with Crippen LogP contribution < -0.4 is 0 Å². The Morgan fingerprint density at radius 1 is 0.292 bits per heavy atom. The standard InChI is InChI=1S/C41H76O8.C14H28O2/c1-29(2)17-9-13-21-33(37(42)43)25-41(26-34(38(44)45)22-14-10-18-30(3)4,27-35(39(46)47)23-15-11-19-31(5)6)28-36(40(48)49)24-16-12-20-32(7)8;1-11(2)8-6-7-9-12(13(15)16)10-14(3,4)5/h29-36H,9-28H2,1-8H3,(H,42,43)(H,44,45)(H,46,47)(H,48,49);11-12H,6-10H2,1-5H3,(H,15,16). The Bertz CT molecular complexity index is 1130. The lowest BCUT2D eigenvalue weighted by molar-refractivity contribution is -0.148. The summed E-state index contributed by atoms with van der Waals surface area (Å²) in [5.74, 6) is -5.14. The van der Waals surface area contributed by atoms with Crippen LogP contribution in [0, 0.1) is 70.0 Å². The molecule has 0 saturated carbocycles. The summed E-state index contributed by atoms with van der Waals surface area (Å²) < 4.78 is 0. The highest BCUT2D eigenvalue weighted by Crippen LogP contribution is 2.48. The van der Waals surface area contributed by atoms with E-state index in [2.05, 4.69) is 90.0 Å². The zero-order valence-electron chi connectivity index (χ0n) is 44.2. The molecule has 384 valence electrons. The lowest BCUT2D eigenvalue weighted by Gasteiger charge is -2.41. The number of carbonyl (C=O) groups is 5. The lowest BCUT2D eigenvalue weighted by atomic mass is 9.62. The van der Waals surface area contributed by atoms with E-state index in [9.17, 15) is 44.4 Å². The molecule has 0 aromatic carbocycles. The second-order valence-electron chi connectivity index (χ2n) is 23.6. The highest BCUT2D eigenvalue weighted by molar-refractivity contribution is 5.73.